The van der Waals surface area contributed by atoms with E-state index in [1.54, 1.807) is 30.3 Å². The average Bonchev–Trinajstić information content (AvgIpc) is 2.61. The summed E-state index contributed by atoms with van der Waals surface area (Å²) in [5.74, 6) is -3.84. The zero-order chi connectivity index (χ0) is 20.2. The highest BCUT2D eigenvalue weighted by atomic mass is 16.7. The predicted octanol–water partition coefficient (Wildman–Crippen LogP) is -0.967. The molecule has 0 aliphatic carbocycles. The number of hydrogen-bond donors (Lipinski definition) is 5. The second-order valence-electron chi connectivity index (χ2n) is 6.60. The van der Waals surface area contributed by atoms with Crippen LogP contribution < -0.4 is 5.32 Å². The number of benzene rings is 1. The Morgan fingerprint density at radius 3 is 2.48 bits per heavy atom. The smallest absolute Gasteiger partial charge is 0.332 e. The molecule has 27 heavy (non-hydrogen) atoms. The molecule has 2 rings (SSSR count). The Morgan fingerprint density at radius 1 is 1.33 bits per heavy atom. The largest absolute Gasteiger partial charge is 0.479 e. The van der Waals surface area contributed by atoms with Crippen LogP contribution in [0.4, 0.5) is 0 Å². The van der Waals surface area contributed by atoms with Crippen molar-refractivity contribution in [1.82, 2.24) is 5.32 Å². The third-order valence-electron chi connectivity index (χ3n) is 4.44. The van der Waals surface area contributed by atoms with Crippen molar-refractivity contribution < 1.29 is 39.5 Å². The summed E-state index contributed by atoms with van der Waals surface area (Å²) in [6.07, 6.45) is -5.41. The van der Waals surface area contributed by atoms with Crippen molar-refractivity contribution in [2.24, 2.45) is 0 Å². The lowest BCUT2D eigenvalue weighted by atomic mass is 9.86. The van der Waals surface area contributed by atoms with E-state index < -0.39 is 54.7 Å². The van der Waals surface area contributed by atoms with Crippen molar-refractivity contribution in [3.05, 3.63) is 35.9 Å². The van der Waals surface area contributed by atoms with Gasteiger partial charge in [0.1, 0.15) is 24.4 Å². The molecule has 6 atom stereocenters. The molecule has 1 aliphatic rings. The second kappa shape index (κ2) is 8.77. The zero-order valence-corrected chi connectivity index (χ0v) is 15.1. The summed E-state index contributed by atoms with van der Waals surface area (Å²) >= 11 is 0. The van der Waals surface area contributed by atoms with E-state index in [9.17, 15) is 24.9 Å². The van der Waals surface area contributed by atoms with Gasteiger partial charge in [-0.25, -0.2) is 4.79 Å². The maximum Gasteiger partial charge on any atom is 0.332 e. The first-order chi connectivity index (χ1) is 12.7. The van der Waals surface area contributed by atoms with Crippen molar-refractivity contribution in [2.45, 2.75) is 56.5 Å². The number of carbonyl (C=O) groups is 2. The van der Waals surface area contributed by atoms with Crippen molar-refractivity contribution in [3.8, 4) is 0 Å². The van der Waals surface area contributed by atoms with Crippen LogP contribution in [0.5, 0.6) is 0 Å². The SMILES string of the molecule is CC(=O)N[C@@H]1[C@@H](O[C@H](C)C(=O)O)[C@H](O)[C@@H](CO)OC1(O)Cc1ccccc1. The number of ether oxygens (including phenoxy) is 2. The number of aliphatic carboxylic acids is 1. The highest BCUT2D eigenvalue weighted by molar-refractivity contribution is 5.73. The monoisotopic (exact) mass is 383 g/mol. The molecule has 1 heterocycles. The lowest BCUT2D eigenvalue weighted by Gasteiger charge is -2.49. The fraction of sp³-hybridized carbons (Fsp3) is 0.556. The predicted molar refractivity (Wildman–Crippen MR) is 92.6 cm³/mol. The third-order valence-corrected chi connectivity index (χ3v) is 4.44. The molecule has 1 unspecified atom stereocenters. The van der Waals surface area contributed by atoms with E-state index in [0.29, 0.717) is 5.56 Å². The Hall–Kier alpha value is -2.04. The summed E-state index contributed by atoms with van der Waals surface area (Å²) in [7, 11) is 0. The summed E-state index contributed by atoms with van der Waals surface area (Å²) in [5.41, 5.74) is 0.675. The minimum absolute atomic E-state index is 0.0800. The third kappa shape index (κ3) is 5.02. The van der Waals surface area contributed by atoms with E-state index in [4.69, 9.17) is 14.6 Å². The van der Waals surface area contributed by atoms with E-state index in [1.807, 2.05) is 0 Å². The van der Waals surface area contributed by atoms with Crippen LogP contribution in [0, 0.1) is 0 Å². The van der Waals surface area contributed by atoms with Crippen LogP contribution in [0.15, 0.2) is 30.3 Å². The summed E-state index contributed by atoms with van der Waals surface area (Å²) in [4.78, 5) is 22.9. The second-order valence-corrected chi connectivity index (χ2v) is 6.60. The molecule has 1 aromatic carbocycles. The summed E-state index contributed by atoms with van der Waals surface area (Å²) in [6.45, 7) is 1.84. The molecular formula is C18H25NO8. The zero-order valence-electron chi connectivity index (χ0n) is 15.1. The van der Waals surface area contributed by atoms with Gasteiger partial charge in [0, 0.05) is 13.3 Å². The lowest BCUT2D eigenvalue weighted by molar-refractivity contribution is -0.325. The molecule has 1 fully saturated rings. The number of carboxylic acid groups (broad SMARTS) is 1. The molecule has 1 aliphatic heterocycles. The van der Waals surface area contributed by atoms with E-state index in [1.165, 1.54) is 13.8 Å². The van der Waals surface area contributed by atoms with Crippen molar-refractivity contribution in [2.75, 3.05) is 6.61 Å². The Bertz CT molecular complexity index is 654. The molecule has 0 saturated carbocycles. The van der Waals surface area contributed by atoms with E-state index in [0.717, 1.165) is 0 Å². The molecule has 150 valence electrons. The molecule has 1 aromatic rings. The first-order valence-electron chi connectivity index (χ1n) is 8.56. The van der Waals surface area contributed by atoms with Gasteiger partial charge in [0.05, 0.1) is 6.61 Å². The molecule has 1 saturated heterocycles. The van der Waals surface area contributed by atoms with Crippen molar-refractivity contribution >= 4 is 11.9 Å². The maximum absolute atomic E-state index is 11.7. The van der Waals surface area contributed by atoms with E-state index in [-0.39, 0.29) is 6.42 Å². The molecule has 0 bridgehead atoms. The van der Waals surface area contributed by atoms with Gasteiger partial charge in [-0.2, -0.15) is 0 Å². The van der Waals surface area contributed by atoms with Crippen LogP contribution in [0.2, 0.25) is 0 Å². The Morgan fingerprint density at radius 2 is 1.96 bits per heavy atom. The molecule has 9 nitrogen and oxygen atoms in total. The fourth-order valence-electron chi connectivity index (χ4n) is 3.12. The first kappa shape index (κ1) is 21.3. The number of amides is 1. The number of aliphatic hydroxyl groups is 3. The number of carboxylic acids is 1. The van der Waals surface area contributed by atoms with Gasteiger partial charge in [-0.15, -0.1) is 0 Å². The van der Waals surface area contributed by atoms with Crippen LogP contribution in [-0.4, -0.2) is 75.2 Å². The van der Waals surface area contributed by atoms with Gasteiger partial charge >= 0.3 is 5.97 Å². The standard InChI is InChI=1S/C18H25NO8/c1-10(17(23)24)26-15-14(22)13(9-20)27-18(25,16(15)19-11(2)21)8-12-6-4-3-5-7-12/h3-7,10,13-16,20,22,25H,8-9H2,1-2H3,(H,19,21)(H,23,24)/t10-,13-,14-,15+,16-,18?/m1/s1. The van der Waals surface area contributed by atoms with Gasteiger partial charge in [0.2, 0.25) is 5.91 Å². The molecule has 0 radical (unpaired) electrons. The molecule has 0 spiro atoms. The van der Waals surface area contributed by atoms with Gasteiger partial charge in [0.25, 0.3) is 0 Å². The molecular weight excluding hydrogens is 358 g/mol. The Labute approximate surface area is 156 Å². The topological polar surface area (TPSA) is 146 Å². The van der Waals surface area contributed by atoms with Crippen LogP contribution in [-0.2, 0) is 25.5 Å². The molecule has 0 aromatic heterocycles. The maximum atomic E-state index is 11.7. The van der Waals surface area contributed by atoms with Crippen LogP contribution in [0.3, 0.4) is 0 Å². The summed E-state index contributed by atoms with van der Waals surface area (Å²) in [6, 6.07) is 7.51. The fourth-order valence-corrected chi connectivity index (χ4v) is 3.12. The number of rotatable bonds is 7. The highest BCUT2D eigenvalue weighted by Gasteiger charge is 2.55. The number of carbonyl (C=O) groups excluding carboxylic acids is 1. The van der Waals surface area contributed by atoms with E-state index in [2.05, 4.69) is 5.32 Å². The highest BCUT2D eigenvalue weighted by Crippen LogP contribution is 2.33. The summed E-state index contributed by atoms with van der Waals surface area (Å²) < 4.78 is 11.0. The van der Waals surface area contributed by atoms with Gasteiger partial charge in [-0.3, -0.25) is 4.79 Å². The number of aliphatic hydroxyl groups excluding tert-OH is 2. The van der Waals surface area contributed by atoms with Gasteiger partial charge in [-0.05, 0) is 12.5 Å². The normalized spacial score (nSPS) is 31.9. The van der Waals surface area contributed by atoms with Gasteiger partial charge in [0.15, 0.2) is 11.9 Å². The van der Waals surface area contributed by atoms with Crippen molar-refractivity contribution in [1.29, 1.82) is 0 Å². The minimum Gasteiger partial charge on any atom is -0.479 e. The van der Waals surface area contributed by atoms with Crippen molar-refractivity contribution in [3.63, 3.8) is 0 Å². The summed E-state index contributed by atoms with van der Waals surface area (Å²) in [5, 5.41) is 42.8. The lowest BCUT2D eigenvalue weighted by Crippen LogP contribution is -2.71. The van der Waals surface area contributed by atoms with Gasteiger partial charge < -0.3 is 35.2 Å². The minimum atomic E-state index is -2.04. The van der Waals surface area contributed by atoms with Crippen LogP contribution in [0.25, 0.3) is 0 Å². The Balaban J connectivity index is 2.41. The quantitative estimate of drug-likeness (QED) is 0.404. The van der Waals surface area contributed by atoms with Crippen LogP contribution in [0.1, 0.15) is 19.4 Å². The molecule has 5 N–H and O–H groups in total. The number of hydrogen-bond acceptors (Lipinski definition) is 7. The van der Waals surface area contributed by atoms with Crippen LogP contribution >= 0.6 is 0 Å². The molecule has 9 heteroatoms. The average molecular weight is 383 g/mol. The van der Waals surface area contributed by atoms with Gasteiger partial charge in [-0.1, -0.05) is 30.3 Å². The number of nitrogens with one attached hydrogen (secondary N) is 1. The molecule has 1 amide bonds. The Kier molecular flexibility index (Phi) is 6.90. The first-order valence-corrected chi connectivity index (χ1v) is 8.56. The van der Waals surface area contributed by atoms with E-state index >= 15 is 0 Å².